The second-order valence-electron chi connectivity index (χ2n) is 16.7. The Morgan fingerprint density at radius 3 is 2.13 bits per heavy atom. The fourth-order valence-electron chi connectivity index (χ4n) is 7.97. The van der Waals surface area contributed by atoms with Crippen molar-refractivity contribution in [1.29, 1.82) is 0 Å². The van der Waals surface area contributed by atoms with Crippen LogP contribution in [-0.2, 0) is 33.5 Å². The number of alkyl halides is 2. The number of amides is 4. The number of ketones is 3. The minimum absolute atomic E-state index is 0.00323. The number of carbonyl (C=O) groups excluding carboxylic acids is 7. The highest BCUT2D eigenvalue weighted by atomic mass is 35.5. The molecule has 14 heteroatoms. The first kappa shape index (κ1) is 44.2. The Morgan fingerprint density at radius 1 is 0.909 bits per heavy atom. The largest absolute Gasteiger partial charge is 0.444 e. The Bertz CT molecular complexity index is 1540. The number of hydrogen-bond donors (Lipinski definition) is 2. The van der Waals surface area contributed by atoms with Gasteiger partial charge in [0.1, 0.15) is 17.7 Å². The summed E-state index contributed by atoms with van der Waals surface area (Å²) in [6, 6.07) is 6.35. The van der Waals surface area contributed by atoms with Crippen molar-refractivity contribution in [1.82, 2.24) is 20.4 Å². The number of benzene rings is 1. The number of likely N-dealkylation sites (tertiary alicyclic amines) is 1. The van der Waals surface area contributed by atoms with Crippen LogP contribution in [0.3, 0.4) is 0 Å². The van der Waals surface area contributed by atoms with Crippen molar-refractivity contribution in [2.75, 3.05) is 26.0 Å². The van der Waals surface area contributed by atoms with Crippen LogP contribution in [0, 0.1) is 29.6 Å². The van der Waals surface area contributed by atoms with Crippen LogP contribution in [0.15, 0.2) is 30.3 Å². The highest BCUT2D eigenvalue weighted by Gasteiger charge is 2.58. The van der Waals surface area contributed by atoms with Crippen LogP contribution in [0.2, 0.25) is 0 Å². The summed E-state index contributed by atoms with van der Waals surface area (Å²) < 4.78 is 5.51. The molecule has 1 aliphatic heterocycles. The summed E-state index contributed by atoms with van der Waals surface area (Å²) in [5.74, 6) is -3.18. The maximum absolute atomic E-state index is 14.3. The number of fused-ring (bicyclic) bond motifs is 1. The highest BCUT2D eigenvalue weighted by molar-refractivity contribution is 6.40. The van der Waals surface area contributed by atoms with E-state index < -0.39 is 53.2 Å². The Kier molecular flexibility index (Phi) is 16.1. The minimum Gasteiger partial charge on any atom is -0.444 e. The van der Waals surface area contributed by atoms with Crippen LogP contribution in [0.1, 0.15) is 109 Å². The van der Waals surface area contributed by atoms with Gasteiger partial charge in [-0.25, -0.2) is 4.79 Å². The molecule has 1 heterocycles. The number of nitrogens with one attached hydrogen (secondary N) is 2. The summed E-state index contributed by atoms with van der Waals surface area (Å²) in [7, 11) is 3.18. The van der Waals surface area contributed by atoms with E-state index in [0.717, 1.165) is 51.4 Å². The molecule has 3 aliphatic carbocycles. The molecule has 1 unspecified atom stereocenters. The molecule has 5 rings (SSSR count). The predicted molar refractivity (Wildman–Crippen MR) is 209 cm³/mol. The number of Topliss-reactive ketones (excluding diaryl/α,β-unsaturated/α-hetero) is 3. The van der Waals surface area contributed by atoms with Crippen molar-refractivity contribution in [2.24, 2.45) is 29.6 Å². The smallest absolute Gasteiger partial charge is 0.408 e. The van der Waals surface area contributed by atoms with Gasteiger partial charge in [-0.2, -0.15) is 0 Å². The number of nitrogens with zero attached hydrogens (tertiary/aromatic N) is 2. The quantitative estimate of drug-likeness (QED) is 0.153. The standard InChI is InChI=1S/C40H56N4O8.CH2Cl2/c1-40(2,3)52-39(51)42-34(26-14-10-7-11-15-26)38(50)44-23-28-21-29(28)35(44)31(46)22-27(20-24-16-17-24)36(48)30(45)18-19-32(47)41-33(37(49)43(4)5)25-12-8-6-9-13-25;2-1-3/h6,8-9,12-13,24,26-29,33-35H,7,10-11,14-23H2,1-5H3,(H,41,47)(H,42,51);1H2/t27?,28-,29-,33-,34-,35-;/m0./s1. The van der Waals surface area contributed by atoms with Crippen LogP contribution in [0.4, 0.5) is 4.79 Å². The van der Waals surface area contributed by atoms with E-state index in [4.69, 9.17) is 27.9 Å². The van der Waals surface area contributed by atoms with E-state index in [-0.39, 0.29) is 65.9 Å². The first-order valence-electron chi connectivity index (χ1n) is 19.6. The van der Waals surface area contributed by atoms with E-state index in [1.165, 1.54) is 4.90 Å². The van der Waals surface area contributed by atoms with E-state index in [1.54, 1.807) is 70.1 Å². The lowest BCUT2D eigenvalue weighted by atomic mass is 9.83. The van der Waals surface area contributed by atoms with Crippen LogP contribution in [0.5, 0.6) is 0 Å². The normalized spacial score (nSPS) is 22.1. The molecule has 4 fully saturated rings. The van der Waals surface area contributed by atoms with E-state index in [1.807, 2.05) is 0 Å². The van der Waals surface area contributed by atoms with Gasteiger partial charge in [-0.3, -0.25) is 28.8 Å². The average Bonchev–Trinajstić information content (AvgIpc) is 4.08. The van der Waals surface area contributed by atoms with Gasteiger partial charge >= 0.3 is 6.09 Å². The Hall–Kier alpha value is -3.51. The summed E-state index contributed by atoms with van der Waals surface area (Å²) in [5.41, 5.74) is -0.138. The molecule has 2 N–H and O–H groups in total. The van der Waals surface area contributed by atoms with Crippen LogP contribution in [0.25, 0.3) is 0 Å². The lowest BCUT2D eigenvalue weighted by Gasteiger charge is -2.36. The van der Waals surface area contributed by atoms with E-state index >= 15 is 0 Å². The molecule has 0 aromatic heterocycles. The molecule has 4 amide bonds. The molecule has 1 saturated heterocycles. The monoisotopic (exact) mass is 804 g/mol. The number of ether oxygens (including phenoxy) is 1. The molecular weight excluding hydrogens is 747 g/mol. The third kappa shape index (κ3) is 13.0. The third-order valence-electron chi connectivity index (χ3n) is 10.9. The minimum atomic E-state index is -0.935. The van der Waals surface area contributed by atoms with Crippen LogP contribution in [-0.4, -0.2) is 94.6 Å². The number of likely N-dealkylation sites (N-methyl/N-ethyl adjacent to an activating group) is 1. The van der Waals surface area contributed by atoms with Crippen molar-refractivity contribution in [3.63, 3.8) is 0 Å². The van der Waals surface area contributed by atoms with E-state index in [0.29, 0.717) is 18.5 Å². The summed E-state index contributed by atoms with van der Waals surface area (Å²) in [6.45, 7) is 5.72. The Labute approximate surface area is 335 Å². The molecule has 1 aromatic rings. The topological polar surface area (TPSA) is 159 Å². The van der Waals surface area contributed by atoms with Crippen molar-refractivity contribution in [3.8, 4) is 0 Å². The maximum atomic E-state index is 14.3. The van der Waals surface area contributed by atoms with Crippen molar-refractivity contribution in [3.05, 3.63) is 35.9 Å². The summed E-state index contributed by atoms with van der Waals surface area (Å²) in [5, 5.41) is 5.76. The van der Waals surface area contributed by atoms with Gasteiger partial charge in [0.2, 0.25) is 23.5 Å². The van der Waals surface area contributed by atoms with Crippen molar-refractivity contribution < 1.29 is 38.3 Å². The molecule has 3 saturated carbocycles. The third-order valence-corrected chi connectivity index (χ3v) is 10.9. The van der Waals surface area contributed by atoms with Gasteiger partial charge in [0.25, 0.3) is 0 Å². The molecule has 0 spiro atoms. The zero-order chi connectivity index (χ0) is 40.4. The predicted octanol–water partition coefficient (Wildman–Crippen LogP) is 5.97. The summed E-state index contributed by atoms with van der Waals surface area (Å²) >= 11 is 9.53. The highest BCUT2D eigenvalue weighted by Crippen LogP contribution is 2.51. The van der Waals surface area contributed by atoms with Gasteiger partial charge in [0, 0.05) is 45.8 Å². The molecule has 0 bridgehead atoms. The SMILES string of the molecule is CN(C)C(=O)[C@@H](NC(=O)CCC(=O)C(=O)C(CC(=O)[C@@H]1[C@H]2C[C@H]2CN1C(=O)[C@@H](NC(=O)OC(C)(C)C)C1CCCCC1)CC1CC1)c1ccccc1.ClCCl. The zero-order valence-corrected chi connectivity index (χ0v) is 34.3. The molecule has 1 aromatic carbocycles. The van der Waals surface area contributed by atoms with Gasteiger partial charge < -0.3 is 25.2 Å². The van der Waals surface area contributed by atoms with Gasteiger partial charge in [0.15, 0.2) is 11.6 Å². The molecule has 55 heavy (non-hydrogen) atoms. The second-order valence-corrected chi connectivity index (χ2v) is 17.5. The fraction of sp³-hybridized carbons (Fsp3) is 0.683. The van der Waals surface area contributed by atoms with Crippen molar-refractivity contribution in [2.45, 2.75) is 122 Å². The van der Waals surface area contributed by atoms with Crippen molar-refractivity contribution >= 4 is 64.4 Å². The summed E-state index contributed by atoms with van der Waals surface area (Å²) in [6.07, 6.45) is 6.24. The second kappa shape index (κ2) is 20.1. The van der Waals surface area contributed by atoms with Gasteiger partial charge in [0.05, 0.1) is 11.4 Å². The molecule has 304 valence electrons. The summed E-state index contributed by atoms with van der Waals surface area (Å²) in [4.78, 5) is 97.0. The molecule has 6 atom stereocenters. The number of rotatable bonds is 16. The Morgan fingerprint density at radius 2 is 1.55 bits per heavy atom. The number of hydrogen-bond acceptors (Lipinski definition) is 8. The first-order valence-corrected chi connectivity index (χ1v) is 20.7. The zero-order valence-electron chi connectivity index (χ0n) is 32.8. The maximum Gasteiger partial charge on any atom is 0.408 e. The lowest BCUT2D eigenvalue weighted by Crippen LogP contribution is -2.56. The first-order chi connectivity index (χ1) is 26.0. The molecule has 0 radical (unpaired) electrons. The average molecular weight is 806 g/mol. The number of carbonyl (C=O) groups is 7. The molecular formula is C41H58Cl2N4O8. The van der Waals surface area contributed by atoms with Gasteiger partial charge in [-0.05, 0) is 75.7 Å². The molecule has 12 nitrogen and oxygen atoms in total. The van der Waals surface area contributed by atoms with Gasteiger partial charge in [-0.15, -0.1) is 23.2 Å². The molecule has 4 aliphatic rings. The van der Waals surface area contributed by atoms with E-state index in [2.05, 4.69) is 10.6 Å². The number of piperidine rings is 1. The number of alkyl carbamates (subject to hydrolysis) is 1. The van der Waals surface area contributed by atoms with E-state index in [9.17, 15) is 33.6 Å². The number of halogens is 2. The fourth-order valence-corrected chi connectivity index (χ4v) is 7.97. The Balaban J connectivity index is 0.00000217. The van der Waals surface area contributed by atoms with Crippen LogP contribution >= 0.6 is 23.2 Å². The van der Waals surface area contributed by atoms with Crippen LogP contribution < -0.4 is 10.6 Å². The lowest BCUT2D eigenvalue weighted by molar-refractivity contribution is -0.144. The van der Waals surface area contributed by atoms with Gasteiger partial charge in [-0.1, -0.05) is 62.4 Å².